The van der Waals surface area contributed by atoms with Gasteiger partial charge in [0.2, 0.25) is 0 Å². The number of hydrogen-bond donors (Lipinski definition) is 0. The number of aromatic nitrogens is 3. The minimum absolute atomic E-state index is 0.672. The van der Waals surface area contributed by atoms with Crippen molar-refractivity contribution in [3.63, 3.8) is 0 Å². The molecular formula is C23H31N5OS. The summed E-state index contributed by atoms with van der Waals surface area (Å²) in [5.74, 6) is 2.28. The molecule has 0 fully saturated rings. The van der Waals surface area contributed by atoms with Gasteiger partial charge in [0.1, 0.15) is 10.8 Å². The second-order valence-electron chi connectivity index (χ2n) is 8.09. The molecule has 3 heterocycles. The van der Waals surface area contributed by atoms with Gasteiger partial charge in [-0.3, -0.25) is 4.68 Å². The fourth-order valence-corrected chi connectivity index (χ4v) is 5.30. The monoisotopic (exact) mass is 425 g/mol. The van der Waals surface area contributed by atoms with E-state index in [9.17, 15) is 0 Å². The second kappa shape index (κ2) is 8.78. The number of rotatable bonds is 7. The van der Waals surface area contributed by atoms with E-state index < -0.39 is 0 Å². The fraction of sp³-hybridized carbons (Fsp3) is 0.478. The molecule has 0 atom stereocenters. The number of fused-ring (bicyclic) bond motifs is 1. The summed E-state index contributed by atoms with van der Waals surface area (Å²) in [5.41, 5.74) is 6.56. The van der Waals surface area contributed by atoms with Gasteiger partial charge in [0.25, 0.3) is 0 Å². The predicted octanol–water partition coefficient (Wildman–Crippen LogP) is 4.54. The lowest BCUT2D eigenvalue weighted by Gasteiger charge is -2.32. The Labute approximate surface area is 183 Å². The van der Waals surface area contributed by atoms with E-state index in [4.69, 9.17) is 9.84 Å². The maximum absolute atomic E-state index is 5.41. The molecule has 0 spiro atoms. The third-order valence-electron chi connectivity index (χ3n) is 5.74. The smallest absolute Gasteiger partial charge is 0.160 e. The average molecular weight is 426 g/mol. The molecule has 0 amide bonds. The Morgan fingerprint density at radius 3 is 2.63 bits per heavy atom. The van der Waals surface area contributed by atoms with Gasteiger partial charge in [-0.2, -0.15) is 5.10 Å². The number of aryl methyl sites for hydroxylation is 4. The molecule has 6 nitrogen and oxygen atoms in total. The van der Waals surface area contributed by atoms with Crippen LogP contribution in [0.4, 0.5) is 17.3 Å². The maximum atomic E-state index is 5.41. The summed E-state index contributed by atoms with van der Waals surface area (Å²) in [7, 11) is 3.81. The lowest BCUT2D eigenvalue weighted by molar-refractivity contribution is 0.204. The highest BCUT2D eigenvalue weighted by Gasteiger charge is 2.30. The molecule has 0 saturated carbocycles. The van der Waals surface area contributed by atoms with Crippen molar-refractivity contribution in [2.24, 2.45) is 7.05 Å². The van der Waals surface area contributed by atoms with E-state index in [1.54, 1.807) is 18.4 Å². The standard InChI is InChI=1S/C23H31N5OS/c1-16-13-17(2)21(18(3)14-16)28-9-6-7-19-22(28)25-26(4)23(19)27(10-11-29-5)15-20-24-8-12-30-20/h8,12-14H,6-7,9-11,15H2,1-5H3. The van der Waals surface area contributed by atoms with Crippen LogP contribution in [0.3, 0.4) is 0 Å². The number of thiazole rings is 1. The van der Waals surface area contributed by atoms with Gasteiger partial charge in [0, 0.05) is 50.1 Å². The summed E-state index contributed by atoms with van der Waals surface area (Å²) in [5, 5.41) is 8.16. The number of methoxy groups -OCH3 is 1. The Balaban J connectivity index is 1.76. The van der Waals surface area contributed by atoms with Crippen molar-refractivity contribution in [1.29, 1.82) is 0 Å². The van der Waals surface area contributed by atoms with Gasteiger partial charge < -0.3 is 14.5 Å². The van der Waals surface area contributed by atoms with Crippen molar-refractivity contribution in [1.82, 2.24) is 14.8 Å². The zero-order chi connectivity index (χ0) is 21.3. The molecule has 4 rings (SSSR count). The Morgan fingerprint density at radius 2 is 1.97 bits per heavy atom. The van der Waals surface area contributed by atoms with Crippen LogP contribution in [0.25, 0.3) is 0 Å². The first kappa shape index (κ1) is 20.9. The van der Waals surface area contributed by atoms with Crippen LogP contribution in [-0.2, 0) is 24.8 Å². The zero-order valence-corrected chi connectivity index (χ0v) is 19.4. The van der Waals surface area contributed by atoms with Gasteiger partial charge in [-0.05, 0) is 44.7 Å². The number of nitrogens with zero attached hydrogens (tertiary/aromatic N) is 5. The third kappa shape index (κ3) is 3.96. The first-order valence-electron chi connectivity index (χ1n) is 10.5. The molecule has 160 valence electrons. The third-order valence-corrected chi connectivity index (χ3v) is 6.50. The highest BCUT2D eigenvalue weighted by Crippen LogP contribution is 2.41. The molecule has 1 aromatic carbocycles. The van der Waals surface area contributed by atoms with E-state index in [1.807, 2.05) is 16.3 Å². The SMILES string of the molecule is COCCN(Cc1nccs1)c1c2c(nn1C)N(c1c(C)cc(C)cc1C)CCC2. The first-order valence-corrected chi connectivity index (χ1v) is 11.4. The van der Waals surface area contributed by atoms with Gasteiger partial charge in [0.15, 0.2) is 5.82 Å². The van der Waals surface area contributed by atoms with Crippen LogP contribution in [0.5, 0.6) is 0 Å². The Hall–Kier alpha value is -2.38. The first-order chi connectivity index (χ1) is 14.5. The van der Waals surface area contributed by atoms with Crippen LogP contribution in [0, 0.1) is 20.8 Å². The van der Waals surface area contributed by atoms with E-state index in [2.05, 4.69) is 54.7 Å². The topological polar surface area (TPSA) is 46.4 Å². The second-order valence-corrected chi connectivity index (χ2v) is 9.07. The molecule has 3 aromatic rings. The molecule has 0 aliphatic carbocycles. The Morgan fingerprint density at radius 1 is 1.20 bits per heavy atom. The zero-order valence-electron chi connectivity index (χ0n) is 18.6. The summed E-state index contributed by atoms with van der Waals surface area (Å²) in [4.78, 5) is 9.29. The molecule has 0 saturated heterocycles. The summed E-state index contributed by atoms with van der Waals surface area (Å²) in [6, 6.07) is 4.54. The van der Waals surface area contributed by atoms with Crippen LogP contribution < -0.4 is 9.80 Å². The number of benzene rings is 1. The van der Waals surface area contributed by atoms with Crippen molar-refractivity contribution in [3.05, 3.63) is 51.0 Å². The Kier molecular flexibility index (Phi) is 6.11. The van der Waals surface area contributed by atoms with Crippen LogP contribution in [0.1, 0.15) is 33.7 Å². The molecule has 0 unspecified atom stereocenters. The summed E-state index contributed by atoms with van der Waals surface area (Å²) < 4.78 is 7.45. The van der Waals surface area contributed by atoms with Crippen LogP contribution in [0.2, 0.25) is 0 Å². The van der Waals surface area contributed by atoms with Crippen molar-refractivity contribution in [3.8, 4) is 0 Å². The van der Waals surface area contributed by atoms with Gasteiger partial charge in [0.05, 0.1) is 13.2 Å². The van der Waals surface area contributed by atoms with E-state index in [-0.39, 0.29) is 0 Å². The molecule has 1 aliphatic rings. The lowest BCUT2D eigenvalue weighted by atomic mass is 10.0. The molecule has 1 aliphatic heterocycles. The highest BCUT2D eigenvalue weighted by molar-refractivity contribution is 7.09. The highest BCUT2D eigenvalue weighted by atomic mass is 32.1. The van der Waals surface area contributed by atoms with Crippen molar-refractivity contribution in [2.45, 2.75) is 40.2 Å². The van der Waals surface area contributed by atoms with Crippen molar-refractivity contribution >= 4 is 28.7 Å². The summed E-state index contributed by atoms with van der Waals surface area (Å²) >= 11 is 1.69. The van der Waals surface area contributed by atoms with E-state index in [1.165, 1.54) is 33.8 Å². The van der Waals surface area contributed by atoms with Gasteiger partial charge in [-0.15, -0.1) is 11.3 Å². The molecule has 30 heavy (non-hydrogen) atoms. The van der Waals surface area contributed by atoms with Crippen molar-refractivity contribution in [2.75, 3.05) is 36.6 Å². The van der Waals surface area contributed by atoms with E-state index in [0.29, 0.717) is 6.61 Å². The lowest BCUT2D eigenvalue weighted by Crippen LogP contribution is -2.30. The van der Waals surface area contributed by atoms with E-state index >= 15 is 0 Å². The van der Waals surface area contributed by atoms with Crippen LogP contribution in [-0.4, -0.2) is 41.6 Å². The van der Waals surface area contributed by atoms with Crippen LogP contribution >= 0.6 is 11.3 Å². The van der Waals surface area contributed by atoms with Gasteiger partial charge >= 0.3 is 0 Å². The summed E-state index contributed by atoms with van der Waals surface area (Å²) in [6.07, 6.45) is 4.03. The molecule has 0 N–H and O–H groups in total. The average Bonchev–Trinajstić information content (AvgIpc) is 3.31. The molecule has 2 aromatic heterocycles. The van der Waals surface area contributed by atoms with Crippen molar-refractivity contribution < 1.29 is 4.74 Å². The van der Waals surface area contributed by atoms with Crippen LogP contribution in [0.15, 0.2) is 23.7 Å². The maximum Gasteiger partial charge on any atom is 0.160 e. The molecule has 7 heteroatoms. The predicted molar refractivity (Wildman–Crippen MR) is 124 cm³/mol. The number of ether oxygens (including phenoxy) is 1. The minimum atomic E-state index is 0.672. The molecule has 0 bridgehead atoms. The Bertz CT molecular complexity index is 988. The summed E-state index contributed by atoms with van der Waals surface area (Å²) in [6.45, 7) is 9.84. The van der Waals surface area contributed by atoms with Gasteiger partial charge in [-0.25, -0.2) is 4.98 Å². The quantitative estimate of drug-likeness (QED) is 0.556. The number of anilines is 3. The number of hydrogen-bond acceptors (Lipinski definition) is 6. The van der Waals surface area contributed by atoms with E-state index in [0.717, 1.165) is 43.3 Å². The minimum Gasteiger partial charge on any atom is -0.383 e. The largest absolute Gasteiger partial charge is 0.383 e. The fourth-order valence-electron chi connectivity index (χ4n) is 4.67. The molecule has 0 radical (unpaired) electrons. The normalized spacial score (nSPS) is 13.6. The molecular weight excluding hydrogens is 394 g/mol. The van der Waals surface area contributed by atoms with Gasteiger partial charge in [-0.1, -0.05) is 17.7 Å².